The molecule has 122 valence electrons. The molecule has 0 radical (unpaired) electrons. The van der Waals surface area contributed by atoms with Gasteiger partial charge in [-0.15, -0.1) is 12.4 Å². The normalized spacial score (nSPS) is 23.0. The first-order valence-corrected chi connectivity index (χ1v) is 7.89. The number of nitrogens with zero attached hydrogens (tertiary/aromatic N) is 1. The molecule has 0 spiro atoms. The molecule has 1 aromatic rings. The summed E-state index contributed by atoms with van der Waals surface area (Å²) >= 11 is 3.48. The minimum absolute atomic E-state index is 0. The number of carbonyl (C=O) groups excluding carboxylic acids is 1. The maximum absolute atomic E-state index is 12.6. The van der Waals surface area contributed by atoms with Crippen LogP contribution in [0.15, 0.2) is 28.2 Å². The van der Waals surface area contributed by atoms with Crippen LogP contribution >= 0.6 is 28.3 Å². The van der Waals surface area contributed by atoms with E-state index in [0.717, 1.165) is 40.7 Å². The Morgan fingerprint density at radius 1 is 1.41 bits per heavy atom. The van der Waals surface area contributed by atoms with Crippen LogP contribution in [-0.4, -0.2) is 38.4 Å². The summed E-state index contributed by atoms with van der Waals surface area (Å²) in [6, 6.07) is 5.88. The third-order valence-corrected chi connectivity index (χ3v) is 4.59. The van der Waals surface area contributed by atoms with Crippen LogP contribution in [0.5, 0.6) is 5.75 Å². The Morgan fingerprint density at radius 2 is 2.09 bits per heavy atom. The lowest BCUT2D eigenvalue weighted by atomic mass is 9.86. The van der Waals surface area contributed by atoms with E-state index in [1.54, 1.807) is 7.11 Å². The SMILES string of the molecule is COc1ccc(C=C2CCC(C)(CN(C)C)C2=O)cc1Br.Cl. The van der Waals surface area contributed by atoms with Crippen molar-refractivity contribution >= 4 is 40.2 Å². The zero-order valence-corrected chi connectivity index (χ0v) is 15.9. The summed E-state index contributed by atoms with van der Waals surface area (Å²) in [5.41, 5.74) is 1.70. The first-order valence-electron chi connectivity index (χ1n) is 7.09. The minimum atomic E-state index is -0.251. The fourth-order valence-corrected chi connectivity index (χ4v) is 3.54. The first kappa shape index (κ1) is 19.2. The van der Waals surface area contributed by atoms with E-state index in [1.165, 1.54) is 0 Å². The van der Waals surface area contributed by atoms with E-state index in [0.29, 0.717) is 0 Å². The van der Waals surface area contributed by atoms with Crippen molar-refractivity contribution in [3.63, 3.8) is 0 Å². The van der Waals surface area contributed by atoms with Crippen LogP contribution in [0, 0.1) is 5.41 Å². The van der Waals surface area contributed by atoms with Gasteiger partial charge < -0.3 is 9.64 Å². The summed E-state index contributed by atoms with van der Waals surface area (Å²) in [5.74, 6) is 1.08. The summed E-state index contributed by atoms with van der Waals surface area (Å²) in [6.45, 7) is 2.87. The van der Waals surface area contributed by atoms with Gasteiger partial charge in [-0.3, -0.25) is 4.79 Å². The number of hydrogen-bond acceptors (Lipinski definition) is 3. The zero-order chi connectivity index (χ0) is 15.6. The summed E-state index contributed by atoms with van der Waals surface area (Å²) in [5, 5.41) is 0. The number of rotatable bonds is 4. The molecule has 1 saturated carbocycles. The second-order valence-electron chi connectivity index (χ2n) is 6.19. The Kier molecular flexibility index (Phi) is 6.65. The first-order chi connectivity index (χ1) is 9.85. The van der Waals surface area contributed by atoms with Gasteiger partial charge >= 0.3 is 0 Å². The molecule has 0 heterocycles. The standard InChI is InChI=1S/C17H22BrNO2.ClH/c1-17(11-19(2)3)8-7-13(16(17)20)9-12-5-6-15(21-4)14(18)10-12;/h5-6,9-10H,7-8,11H2,1-4H3;1H. The van der Waals surface area contributed by atoms with Crippen LogP contribution in [0.2, 0.25) is 0 Å². The monoisotopic (exact) mass is 387 g/mol. The van der Waals surface area contributed by atoms with Crippen molar-refractivity contribution in [1.29, 1.82) is 0 Å². The molecular formula is C17H23BrClNO2. The second-order valence-corrected chi connectivity index (χ2v) is 7.05. The summed E-state index contributed by atoms with van der Waals surface area (Å²) in [6.07, 6.45) is 3.79. The number of carbonyl (C=O) groups is 1. The zero-order valence-electron chi connectivity index (χ0n) is 13.5. The Morgan fingerprint density at radius 3 is 2.64 bits per heavy atom. The molecule has 1 fully saturated rings. The van der Waals surface area contributed by atoms with Gasteiger partial charge in [0.1, 0.15) is 5.75 Å². The van der Waals surface area contributed by atoms with Crippen molar-refractivity contribution in [2.45, 2.75) is 19.8 Å². The fraction of sp³-hybridized carbons (Fsp3) is 0.471. The molecule has 0 saturated heterocycles. The number of allylic oxidation sites excluding steroid dienone is 1. The van der Waals surface area contributed by atoms with E-state index >= 15 is 0 Å². The number of Topliss-reactive ketones (excluding diaryl/α,β-unsaturated/α-hetero) is 1. The van der Waals surface area contributed by atoms with Crippen molar-refractivity contribution in [2.75, 3.05) is 27.7 Å². The van der Waals surface area contributed by atoms with E-state index in [2.05, 4.69) is 27.8 Å². The highest BCUT2D eigenvalue weighted by molar-refractivity contribution is 9.10. The number of methoxy groups -OCH3 is 1. The van der Waals surface area contributed by atoms with Gasteiger partial charge in [0.15, 0.2) is 5.78 Å². The van der Waals surface area contributed by atoms with Crippen molar-refractivity contribution in [2.24, 2.45) is 5.41 Å². The lowest BCUT2D eigenvalue weighted by molar-refractivity contribution is -0.122. The number of benzene rings is 1. The quantitative estimate of drug-likeness (QED) is 0.724. The van der Waals surface area contributed by atoms with Gasteiger partial charge in [0, 0.05) is 12.0 Å². The predicted octanol–water partition coefficient (Wildman–Crippen LogP) is 4.19. The number of ether oxygens (including phenoxy) is 1. The Hall–Kier alpha value is -0.840. The van der Waals surface area contributed by atoms with Crippen molar-refractivity contribution < 1.29 is 9.53 Å². The molecule has 0 amide bonds. The van der Waals surface area contributed by atoms with E-state index < -0.39 is 0 Å². The average Bonchev–Trinajstić information content (AvgIpc) is 2.66. The molecule has 1 aromatic carbocycles. The molecule has 0 bridgehead atoms. The molecular weight excluding hydrogens is 366 g/mol. The fourth-order valence-electron chi connectivity index (χ4n) is 2.99. The number of hydrogen-bond donors (Lipinski definition) is 0. The van der Waals surface area contributed by atoms with E-state index in [9.17, 15) is 4.79 Å². The lowest BCUT2D eigenvalue weighted by Gasteiger charge is -2.25. The van der Waals surface area contributed by atoms with Gasteiger partial charge in [-0.1, -0.05) is 13.0 Å². The molecule has 5 heteroatoms. The van der Waals surface area contributed by atoms with Gasteiger partial charge in [0.2, 0.25) is 0 Å². The van der Waals surface area contributed by atoms with Crippen molar-refractivity contribution in [3.8, 4) is 5.75 Å². The molecule has 1 atom stereocenters. The third kappa shape index (κ3) is 4.12. The van der Waals surface area contributed by atoms with Gasteiger partial charge in [-0.2, -0.15) is 0 Å². The predicted molar refractivity (Wildman–Crippen MR) is 96.8 cm³/mol. The Bertz CT molecular complexity index is 586. The Balaban J connectivity index is 0.00000242. The van der Waals surface area contributed by atoms with Crippen LogP contribution in [0.3, 0.4) is 0 Å². The molecule has 0 aliphatic heterocycles. The van der Waals surface area contributed by atoms with Gasteiger partial charge in [0.05, 0.1) is 11.6 Å². The Labute approximate surface area is 147 Å². The highest BCUT2D eigenvalue weighted by atomic mass is 79.9. The largest absolute Gasteiger partial charge is 0.496 e. The highest BCUT2D eigenvalue weighted by Gasteiger charge is 2.40. The smallest absolute Gasteiger partial charge is 0.166 e. The summed E-state index contributed by atoms with van der Waals surface area (Å²) in [4.78, 5) is 14.7. The van der Waals surface area contributed by atoms with Crippen LogP contribution < -0.4 is 4.74 Å². The van der Waals surface area contributed by atoms with Crippen LogP contribution in [0.25, 0.3) is 6.08 Å². The molecule has 1 aliphatic rings. The minimum Gasteiger partial charge on any atom is -0.496 e. The summed E-state index contributed by atoms with van der Waals surface area (Å²) in [7, 11) is 5.67. The average molecular weight is 389 g/mol. The van der Waals surface area contributed by atoms with Gasteiger partial charge in [-0.25, -0.2) is 0 Å². The van der Waals surface area contributed by atoms with E-state index in [-0.39, 0.29) is 23.6 Å². The van der Waals surface area contributed by atoms with E-state index in [4.69, 9.17) is 4.74 Å². The van der Waals surface area contributed by atoms with Gasteiger partial charge in [-0.05, 0) is 72.2 Å². The molecule has 2 rings (SSSR count). The molecule has 3 nitrogen and oxygen atoms in total. The van der Waals surface area contributed by atoms with E-state index in [1.807, 2.05) is 38.4 Å². The molecule has 0 N–H and O–H groups in total. The van der Waals surface area contributed by atoms with Crippen molar-refractivity contribution in [3.05, 3.63) is 33.8 Å². The van der Waals surface area contributed by atoms with Crippen LogP contribution in [-0.2, 0) is 4.79 Å². The number of halogens is 2. The van der Waals surface area contributed by atoms with Gasteiger partial charge in [0.25, 0.3) is 0 Å². The molecule has 22 heavy (non-hydrogen) atoms. The molecule has 1 unspecified atom stereocenters. The van der Waals surface area contributed by atoms with Crippen LogP contribution in [0.4, 0.5) is 0 Å². The van der Waals surface area contributed by atoms with Crippen molar-refractivity contribution in [1.82, 2.24) is 4.90 Å². The van der Waals surface area contributed by atoms with Crippen LogP contribution in [0.1, 0.15) is 25.3 Å². The third-order valence-electron chi connectivity index (χ3n) is 3.97. The highest BCUT2D eigenvalue weighted by Crippen LogP contribution is 2.39. The maximum atomic E-state index is 12.6. The molecule has 1 aliphatic carbocycles. The summed E-state index contributed by atoms with van der Waals surface area (Å²) < 4.78 is 6.13. The molecule has 0 aromatic heterocycles. The topological polar surface area (TPSA) is 29.5 Å². The maximum Gasteiger partial charge on any atom is 0.166 e. The second kappa shape index (κ2) is 7.62. The number of ketones is 1. The lowest BCUT2D eigenvalue weighted by Crippen LogP contribution is -2.34.